The van der Waals surface area contributed by atoms with Gasteiger partial charge in [-0.05, 0) is 102 Å². The number of carbonyl (C=O) groups is 3. The van der Waals surface area contributed by atoms with E-state index < -0.39 is 5.91 Å². The lowest BCUT2D eigenvalue weighted by Gasteiger charge is -2.48. The molecule has 1 unspecified atom stereocenters. The molecule has 2 aromatic carbocycles. The lowest BCUT2D eigenvalue weighted by atomic mass is 9.55. The summed E-state index contributed by atoms with van der Waals surface area (Å²) in [6, 6.07) is 13.0. The van der Waals surface area contributed by atoms with Gasteiger partial charge in [0.2, 0.25) is 11.8 Å². The number of carbonyl (C=O) groups excluding carboxylic acids is 3. The van der Waals surface area contributed by atoms with Crippen LogP contribution in [0.2, 0.25) is 0 Å². The molecular weight excluding hydrogens is 400 g/mol. The van der Waals surface area contributed by atoms with E-state index in [-0.39, 0.29) is 17.1 Å². The van der Waals surface area contributed by atoms with Crippen molar-refractivity contribution in [2.24, 2.45) is 28.7 Å². The number of amides is 2. The van der Waals surface area contributed by atoms with Crippen LogP contribution in [0.4, 0.5) is 0 Å². The Bertz CT molecular complexity index is 1180. The van der Waals surface area contributed by atoms with Gasteiger partial charge in [0, 0.05) is 16.5 Å². The number of hydrogen-bond acceptors (Lipinski definition) is 3. The Labute approximate surface area is 187 Å². The van der Waals surface area contributed by atoms with Crippen molar-refractivity contribution < 1.29 is 14.4 Å². The second kappa shape index (κ2) is 7.44. The maximum Gasteiger partial charge on any atom is 0.248 e. The lowest BCUT2D eigenvalue weighted by molar-refractivity contribution is -0.127. The van der Waals surface area contributed by atoms with Gasteiger partial charge in [0.25, 0.3) is 0 Å². The van der Waals surface area contributed by atoms with Gasteiger partial charge in [-0.25, -0.2) is 0 Å². The average Bonchev–Trinajstić information content (AvgIpc) is 3.03. The minimum Gasteiger partial charge on any atom is -0.366 e. The molecule has 0 aromatic heterocycles. The summed E-state index contributed by atoms with van der Waals surface area (Å²) in [5.41, 5.74) is 15.8. The predicted octanol–water partition coefficient (Wildman–Crippen LogP) is 4.00. The average molecular weight is 429 g/mol. The van der Waals surface area contributed by atoms with Crippen LogP contribution < -0.4 is 11.5 Å². The van der Waals surface area contributed by atoms with Gasteiger partial charge in [-0.1, -0.05) is 25.1 Å². The smallest absolute Gasteiger partial charge is 0.248 e. The highest BCUT2D eigenvalue weighted by Gasteiger charge is 2.56. The van der Waals surface area contributed by atoms with Crippen LogP contribution in [0.3, 0.4) is 0 Å². The van der Waals surface area contributed by atoms with Crippen molar-refractivity contribution >= 4 is 23.7 Å². The van der Waals surface area contributed by atoms with Gasteiger partial charge in [-0.3, -0.25) is 14.4 Å². The van der Waals surface area contributed by atoms with Gasteiger partial charge in [0.15, 0.2) is 5.78 Å². The van der Waals surface area contributed by atoms with Crippen LogP contribution in [0.25, 0.3) is 6.08 Å². The summed E-state index contributed by atoms with van der Waals surface area (Å²) in [4.78, 5) is 36.6. The van der Waals surface area contributed by atoms with Crippen LogP contribution in [-0.2, 0) is 11.2 Å². The summed E-state index contributed by atoms with van der Waals surface area (Å²) >= 11 is 0. The molecule has 0 bridgehead atoms. The Balaban J connectivity index is 1.46. The van der Waals surface area contributed by atoms with Gasteiger partial charge in [0.1, 0.15) is 0 Å². The topological polar surface area (TPSA) is 103 Å². The van der Waals surface area contributed by atoms with Crippen molar-refractivity contribution in [3.8, 4) is 0 Å². The molecule has 0 aliphatic heterocycles. The maximum absolute atomic E-state index is 13.5. The zero-order chi connectivity index (χ0) is 22.6. The number of primary amides is 2. The van der Waals surface area contributed by atoms with Crippen molar-refractivity contribution in [3.05, 3.63) is 75.9 Å². The number of aryl methyl sites for hydroxylation is 1. The van der Waals surface area contributed by atoms with Crippen molar-refractivity contribution in [2.45, 2.75) is 44.9 Å². The molecule has 0 saturated heterocycles. The highest BCUT2D eigenvalue weighted by atomic mass is 16.1. The van der Waals surface area contributed by atoms with Gasteiger partial charge >= 0.3 is 0 Å². The summed E-state index contributed by atoms with van der Waals surface area (Å²) in [5, 5.41) is 0. The number of ketones is 1. The molecule has 0 spiro atoms. The minimum atomic E-state index is -0.466. The Morgan fingerprint density at radius 1 is 1.03 bits per heavy atom. The number of hydrogen-bond donors (Lipinski definition) is 2. The van der Waals surface area contributed by atoms with Crippen LogP contribution in [0.5, 0.6) is 0 Å². The summed E-state index contributed by atoms with van der Waals surface area (Å²) in [5.74, 6) is 0.578. The van der Waals surface area contributed by atoms with E-state index in [0.29, 0.717) is 28.9 Å². The monoisotopic (exact) mass is 428 g/mol. The van der Waals surface area contributed by atoms with Crippen LogP contribution in [0.15, 0.2) is 48.0 Å². The zero-order valence-corrected chi connectivity index (χ0v) is 18.3. The number of nitrogens with two attached hydrogens (primary N) is 2. The molecule has 4 N–H and O–H groups in total. The molecule has 3 aliphatic rings. The third kappa shape index (κ3) is 3.19. The van der Waals surface area contributed by atoms with E-state index in [1.165, 1.54) is 11.1 Å². The second-order valence-corrected chi connectivity index (χ2v) is 9.84. The van der Waals surface area contributed by atoms with Crippen LogP contribution in [-0.4, -0.2) is 17.6 Å². The standard InChI is InChI=1S/C27H28N2O3/c1-27-10-9-21-20-7-6-18(26(29)32)13-16(20)5-8-22(21)23(27)14-19(24(27)30)12-15-3-2-4-17(11-15)25(28)31/h2-4,6-7,11-13,21-23H,5,8-10,14H2,1H3,(H2,28,31)(H2,29,32)/b19-12+/t21-,22?,23+,27+/m1/s1. The molecule has 0 heterocycles. The van der Waals surface area contributed by atoms with Crippen molar-refractivity contribution in [3.63, 3.8) is 0 Å². The first kappa shape index (κ1) is 20.7. The molecule has 5 heteroatoms. The Kier molecular flexibility index (Phi) is 4.81. The Hall–Kier alpha value is -3.21. The molecule has 2 saturated carbocycles. The van der Waals surface area contributed by atoms with Crippen molar-refractivity contribution in [1.29, 1.82) is 0 Å². The van der Waals surface area contributed by atoms with E-state index in [9.17, 15) is 14.4 Å². The van der Waals surface area contributed by atoms with Gasteiger partial charge in [0.05, 0.1) is 0 Å². The van der Waals surface area contributed by atoms with E-state index >= 15 is 0 Å². The molecule has 3 aliphatic carbocycles. The van der Waals surface area contributed by atoms with E-state index in [1.807, 2.05) is 24.3 Å². The van der Waals surface area contributed by atoms with E-state index in [2.05, 4.69) is 13.0 Å². The first-order valence-corrected chi connectivity index (χ1v) is 11.4. The van der Waals surface area contributed by atoms with Crippen molar-refractivity contribution in [1.82, 2.24) is 0 Å². The van der Waals surface area contributed by atoms with Crippen LogP contribution in [0, 0.1) is 17.3 Å². The number of allylic oxidation sites excluding steroid dienone is 1. The quantitative estimate of drug-likeness (QED) is 0.722. The van der Waals surface area contributed by atoms with Gasteiger partial charge in [-0.15, -0.1) is 0 Å². The van der Waals surface area contributed by atoms with Crippen molar-refractivity contribution in [2.75, 3.05) is 0 Å². The van der Waals surface area contributed by atoms with Gasteiger partial charge < -0.3 is 11.5 Å². The summed E-state index contributed by atoms with van der Waals surface area (Å²) in [7, 11) is 0. The number of Topliss-reactive ketones (excluding diaryl/α,β-unsaturated/α-hetero) is 1. The van der Waals surface area contributed by atoms with E-state index in [1.54, 1.807) is 18.2 Å². The normalized spacial score (nSPS) is 29.8. The Morgan fingerprint density at radius 2 is 1.78 bits per heavy atom. The summed E-state index contributed by atoms with van der Waals surface area (Å²) < 4.78 is 0. The molecule has 32 heavy (non-hydrogen) atoms. The minimum absolute atomic E-state index is 0.250. The number of rotatable bonds is 3. The maximum atomic E-state index is 13.5. The number of benzene rings is 2. The molecule has 2 aromatic rings. The first-order valence-electron chi connectivity index (χ1n) is 11.4. The van der Waals surface area contributed by atoms with Crippen LogP contribution >= 0.6 is 0 Å². The molecule has 5 rings (SSSR count). The SMILES string of the molecule is C[C@]12CC[C@@H]3c4ccc(C(N)=O)cc4CCC3[C@@H]1C/C(=C\c1cccc(C(N)=O)c1)C2=O. The molecule has 2 amide bonds. The molecule has 0 radical (unpaired) electrons. The Morgan fingerprint density at radius 3 is 2.53 bits per heavy atom. The fourth-order valence-electron chi connectivity index (χ4n) is 6.52. The molecular formula is C27H28N2O3. The molecule has 4 atom stereocenters. The third-order valence-electron chi connectivity index (χ3n) is 8.16. The third-order valence-corrected chi connectivity index (χ3v) is 8.16. The predicted molar refractivity (Wildman–Crippen MR) is 123 cm³/mol. The van der Waals surface area contributed by atoms with Crippen LogP contribution in [0.1, 0.15) is 75.9 Å². The van der Waals surface area contributed by atoms with E-state index in [4.69, 9.17) is 11.5 Å². The van der Waals surface area contributed by atoms with E-state index in [0.717, 1.165) is 43.2 Å². The number of fused-ring (bicyclic) bond motifs is 5. The largest absolute Gasteiger partial charge is 0.366 e. The summed E-state index contributed by atoms with van der Waals surface area (Å²) in [6.07, 6.45) is 6.51. The fraction of sp³-hybridized carbons (Fsp3) is 0.370. The summed E-state index contributed by atoms with van der Waals surface area (Å²) in [6.45, 7) is 2.14. The highest BCUT2D eigenvalue weighted by Crippen LogP contribution is 2.60. The molecule has 5 nitrogen and oxygen atoms in total. The fourth-order valence-corrected chi connectivity index (χ4v) is 6.52. The highest BCUT2D eigenvalue weighted by molar-refractivity contribution is 6.06. The first-order chi connectivity index (χ1) is 15.3. The molecule has 164 valence electrons. The lowest BCUT2D eigenvalue weighted by Crippen LogP contribution is -2.42. The van der Waals surface area contributed by atoms with Gasteiger partial charge in [-0.2, -0.15) is 0 Å². The second-order valence-electron chi connectivity index (χ2n) is 9.84. The zero-order valence-electron chi connectivity index (χ0n) is 18.3. The molecule has 2 fully saturated rings.